The summed E-state index contributed by atoms with van der Waals surface area (Å²) in [7, 11) is 3.31. The van der Waals surface area contributed by atoms with E-state index in [4.69, 9.17) is 4.42 Å². The maximum atomic E-state index is 12.1. The number of carbonyl (C=O) groups excluding carboxylic acids is 2. The fourth-order valence-corrected chi connectivity index (χ4v) is 3.25. The molecule has 0 saturated heterocycles. The Hall–Kier alpha value is -1.60. The smallest absolute Gasteiger partial charge is 0.289 e. The van der Waals surface area contributed by atoms with Gasteiger partial charge >= 0.3 is 0 Å². The predicted octanol–water partition coefficient (Wildman–Crippen LogP) is 2.83. The molecule has 0 saturated carbocycles. The third kappa shape index (κ3) is 4.18. The molecule has 0 aliphatic heterocycles. The van der Waals surface area contributed by atoms with E-state index in [2.05, 4.69) is 15.9 Å². The third-order valence-electron chi connectivity index (χ3n) is 2.89. The lowest BCUT2D eigenvalue weighted by Gasteiger charge is -2.21. The molecule has 0 bridgehead atoms. The Morgan fingerprint density at radius 3 is 2.67 bits per heavy atom. The summed E-state index contributed by atoms with van der Waals surface area (Å²) in [6, 6.07) is 5.20. The monoisotopic (exact) mass is 370 g/mol. The van der Waals surface area contributed by atoms with E-state index in [0.29, 0.717) is 6.54 Å². The zero-order chi connectivity index (χ0) is 15.4. The molecule has 112 valence electrons. The van der Waals surface area contributed by atoms with Gasteiger partial charge in [0.25, 0.3) is 5.91 Å². The summed E-state index contributed by atoms with van der Waals surface area (Å²) in [5.74, 6) is -0.197. The molecule has 2 aromatic rings. The van der Waals surface area contributed by atoms with Crippen LogP contribution in [0, 0.1) is 0 Å². The molecule has 0 spiro atoms. The number of nitrogens with zero attached hydrogens (tertiary/aromatic N) is 2. The number of amides is 2. The molecule has 2 rings (SSSR count). The van der Waals surface area contributed by atoms with E-state index in [1.807, 2.05) is 11.4 Å². The van der Waals surface area contributed by atoms with Crippen molar-refractivity contribution in [3.8, 4) is 0 Å². The summed E-state index contributed by atoms with van der Waals surface area (Å²) >= 11 is 4.97. The molecular weight excluding hydrogens is 356 g/mol. The molecule has 0 aliphatic rings. The van der Waals surface area contributed by atoms with Gasteiger partial charge in [-0.05, 0) is 34.1 Å². The molecular formula is C14H15BrN2O3S. The van der Waals surface area contributed by atoms with Crippen molar-refractivity contribution in [1.29, 1.82) is 0 Å². The van der Waals surface area contributed by atoms with E-state index < -0.39 is 0 Å². The molecule has 0 radical (unpaired) electrons. The van der Waals surface area contributed by atoms with Crippen LogP contribution in [0.2, 0.25) is 0 Å². The fraction of sp³-hybridized carbons (Fsp3) is 0.286. The quantitative estimate of drug-likeness (QED) is 0.812. The van der Waals surface area contributed by atoms with Crippen LogP contribution in [0.25, 0.3) is 0 Å². The number of furan rings is 1. The van der Waals surface area contributed by atoms with Crippen LogP contribution in [0.4, 0.5) is 0 Å². The van der Waals surface area contributed by atoms with Crippen molar-refractivity contribution in [2.24, 2.45) is 0 Å². The topological polar surface area (TPSA) is 53.8 Å². The summed E-state index contributed by atoms with van der Waals surface area (Å²) in [6.07, 6.45) is 1.43. The summed E-state index contributed by atoms with van der Waals surface area (Å²) < 4.78 is 6.05. The Balaban J connectivity index is 1.89. The molecule has 0 atom stereocenters. The summed E-state index contributed by atoms with van der Waals surface area (Å²) in [5, 5.41) is 1.97. The van der Waals surface area contributed by atoms with Crippen molar-refractivity contribution in [3.05, 3.63) is 45.0 Å². The second kappa shape index (κ2) is 6.91. The number of halogens is 1. The van der Waals surface area contributed by atoms with E-state index >= 15 is 0 Å². The van der Waals surface area contributed by atoms with Crippen LogP contribution in [0.15, 0.2) is 38.7 Å². The highest BCUT2D eigenvalue weighted by molar-refractivity contribution is 9.10. The standard InChI is InChI=1S/C14H15BrN2O3S/c1-16(7-11-6-10(15)9-21-11)13(18)8-17(2)14(19)12-4-3-5-20-12/h3-6,9H,7-8H2,1-2H3. The molecule has 2 heterocycles. The van der Waals surface area contributed by atoms with E-state index in [9.17, 15) is 9.59 Å². The van der Waals surface area contributed by atoms with Gasteiger partial charge in [-0.15, -0.1) is 11.3 Å². The van der Waals surface area contributed by atoms with Gasteiger partial charge in [0.05, 0.1) is 19.4 Å². The summed E-state index contributed by atoms with van der Waals surface area (Å²) in [4.78, 5) is 28.1. The van der Waals surface area contributed by atoms with Gasteiger partial charge in [0.1, 0.15) is 0 Å². The zero-order valence-corrected chi connectivity index (χ0v) is 14.1. The lowest BCUT2D eigenvalue weighted by Crippen LogP contribution is -2.38. The molecule has 0 fully saturated rings. The predicted molar refractivity (Wildman–Crippen MR) is 84.2 cm³/mol. The van der Waals surface area contributed by atoms with Gasteiger partial charge in [0.2, 0.25) is 5.91 Å². The molecule has 2 aromatic heterocycles. The first-order valence-corrected chi connectivity index (χ1v) is 7.90. The van der Waals surface area contributed by atoms with Gasteiger partial charge < -0.3 is 14.2 Å². The molecule has 0 aliphatic carbocycles. The Kier molecular flexibility index (Phi) is 5.19. The number of rotatable bonds is 5. The maximum Gasteiger partial charge on any atom is 0.289 e. The first-order chi connectivity index (χ1) is 9.97. The molecule has 0 N–H and O–H groups in total. The van der Waals surface area contributed by atoms with E-state index in [-0.39, 0.29) is 24.1 Å². The van der Waals surface area contributed by atoms with Crippen LogP contribution in [0.1, 0.15) is 15.4 Å². The Bertz CT molecular complexity index is 624. The van der Waals surface area contributed by atoms with Gasteiger partial charge in [0.15, 0.2) is 5.76 Å². The number of likely N-dealkylation sites (N-methyl/N-ethyl adjacent to an activating group) is 2. The number of hydrogen-bond acceptors (Lipinski definition) is 4. The minimum absolute atomic E-state index is 0.0164. The average molecular weight is 371 g/mol. The fourth-order valence-electron chi connectivity index (χ4n) is 1.74. The second-order valence-electron chi connectivity index (χ2n) is 4.62. The van der Waals surface area contributed by atoms with Crippen LogP contribution < -0.4 is 0 Å². The lowest BCUT2D eigenvalue weighted by molar-refractivity contribution is -0.130. The Morgan fingerprint density at radius 2 is 2.10 bits per heavy atom. The van der Waals surface area contributed by atoms with Gasteiger partial charge in [0, 0.05) is 28.8 Å². The average Bonchev–Trinajstić information content (AvgIpc) is 3.09. The third-order valence-corrected chi connectivity index (χ3v) is 4.57. The SMILES string of the molecule is CN(Cc1cc(Br)cs1)C(=O)CN(C)C(=O)c1ccco1. The molecule has 0 unspecified atom stereocenters. The maximum absolute atomic E-state index is 12.1. The van der Waals surface area contributed by atoms with Gasteiger partial charge in [-0.1, -0.05) is 0 Å². The summed E-state index contributed by atoms with van der Waals surface area (Å²) in [6.45, 7) is 0.542. The zero-order valence-electron chi connectivity index (χ0n) is 11.7. The van der Waals surface area contributed by atoms with Crippen LogP contribution in [0.3, 0.4) is 0 Å². The lowest BCUT2D eigenvalue weighted by atomic mass is 10.3. The van der Waals surface area contributed by atoms with Crippen molar-refractivity contribution in [2.75, 3.05) is 20.6 Å². The number of carbonyl (C=O) groups is 2. The van der Waals surface area contributed by atoms with Crippen molar-refractivity contribution < 1.29 is 14.0 Å². The normalized spacial score (nSPS) is 10.4. The van der Waals surface area contributed by atoms with Crippen molar-refractivity contribution in [1.82, 2.24) is 9.80 Å². The first kappa shape index (κ1) is 15.8. The Morgan fingerprint density at radius 1 is 1.33 bits per heavy atom. The minimum atomic E-state index is -0.305. The van der Waals surface area contributed by atoms with Crippen molar-refractivity contribution in [3.63, 3.8) is 0 Å². The van der Waals surface area contributed by atoms with Gasteiger partial charge in [-0.3, -0.25) is 9.59 Å². The van der Waals surface area contributed by atoms with Crippen LogP contribution >= 0.6 is 27.3 Å². The largest absolute Gasteiger partial charge is 0.459 e. The van der Waals surface area contributed by atoms with Crippen LogP contribution in [-0.2, 0) is 11.3 Å². The highest BCUT2D eigenvalue weighted by Crippen LogP contribution is 2.20. The van der Waals surface area contributed by atoms with E-state index in [1.54, 1.807) is 42.5 Å². The summed E-state index contributed by atoms with van der Waals surface area (Å²) in [5.41, 5.74) is 0. The van der Waals surface area contributed by atoms with Crippen LogP contribution in [0.5, 0.6) is 0 Å². The highest BCUT2D eigenvalue weighted by Gasteiger charge is 2.19. The highest BCUT2D eigenvalue weighted by atomic mass is 79.9. The molecule has 21 heavy (non-hydrogen) atoms. The van der Waals surface area contributed by atoms with Crippen LogP contribution in [-0.4, -0.2) is 42.3 Å². The molecule has 2 amide bonds. The second-order valence-corrected chi connectivity index (χ2v) is 6.53. The van der Waals surface area contributed by atoms with E-state index in [1.165, 1.54) is 11.2 Å². The first-order valence-electron chi connectivity index (χ1n) is 6.23. The number of thiophene rings is 1. The van der Waals surface area contributed by atoms with Gasteiger partial charge in [-0.25, -0.2) is 0 Å². The van der Waals surface area contributed by atoms with Crippen molar-refractivity contribution >= 4 is 39.1 Å². The Labute approximate surface area is 135 Å². The van der Waals surface area contributed by atoms with Crippen molar-refractivity contribution in [2.45, 2.75) is 6.54 Å². The molecule has 5 nitrogen and oxygen atoms in total. The molecule has 7 heteroatoms. The minimum Gasteiger partial charge on any atom is -0.459 e. The molecule has 0 aromatic carbocycles. The van der Waals surface area contributed by atoms with E-state index in [0.717, 1.165) is 9.35 Å². The van der Waals surface area contributed by atoms with Gasteiger partial charge in [-0.2, -0.15) is 0 Å². The number of hydrogen-bond donors (Lipinski definition) is 0.